The molecule has 0 saturated carbocycles. The Hall–Kier alpha value is -2.30. The number of ether oxygens (including phenoxy) is 1. The molecule has 1 amide bonds. The number of carbonyl (C=O) groups excluding carboxylic acids is 1. The van der Waals surface area contributed by atoms with E-state index in [2.05, 4.69) is 10.4 Å². The van der Waals surface area contributed by atoms with E-state index in [1.807, 2.05) is 62.0 Å². The van der Waals surface area contributed by atoms with Crippen molar-refractivity contribution in [2.75, 3.05) is 6.61 Å². The first kappa shape index (κ1) is 16.1. The number of benzene rings is 1. The second-order valence-electron chi connectivity index (χ2n) is 5.31. The van der Waals surface area contributed by atoms with Crippen LogP contribution < -0.4 is 10.1 Å². The minimum Gasteiger partial charge on any atom is -0.494 e. The zero-order valence-corrected chi connectivity index (χ0v) is 13.4. The summed E-state index contributed by atoms with van der Waals surface area (Å²) in [6.07, 6.45) is 2.30. The zero-order chi connectivity index (χ0) is 15.9. The Labute approximate surface area is 131 Å². The second kappa shape index (κ2) is 7.64. The molecule has 1 aromatic carbocycles. The number of rotatable bonds is 7. The number of carbonyl (C=O) groups is 1. The van der Waals surface area contributed by atoms with Crippen molar-refractivity contribution in [2.24, 2.45) is 0 Å². The molecule has 1 atom stereocenters. The largest absolute Gasteiger partial charge is 0.494 e. The third-order valence-electron chi connectivity index (χ3n) is 3.42. The van der Waals surface area contributed by atoms with E-state index in [0.29, 0.717) is 19.6 Å². The molecule has 118 valence electrons. The van der Waals surface area contributed by atoms with Crippen LogP contribution in [0.5, 0.6) is 5.75 Å². The maximum atomic E-state index is 12.1. The van der Waals surface area contributed by atoms with Gasteiger partial charge in [-0.2, -0.15) is 5.10 Å². The molecule has 0 unspecified atom stereocenters. The quantitative estimate of drug-likeness (QED) is 0.855. The Morgan fingerprint density at radius 3 is 2.82 bits per heavy atom. The van der Waals surface area contributed by atoms with Gasteiger partial charge in [0.05, 0.1) is 18.3 Å². The van der Waals surface area contributed by atoms with E-state index in [1.54, 1.807) is 0 Å². The van der Waals surface area contributed by atoms with E-state index in [-0.39, 0.29) is 11.9 Å². The van der Waals surface area contributed by atoms with Crippen LogP contribution in [0.3, 0.4) is 0 Å². The molecule has 5 nitrogen and oxygen atoms in total. The van der Waals surface area contributed by atoms with Gasteiger partial charge in [-0.1, -0.05) is 18.2 Å². The molecule has 2 rings (SSSR count). The van der Waals surface area contributed by atoms with Gasteiger partial charge in [0.15, 0.2) is 0 Å². The summed E-state index contributed by atoms with van der Waals surface area (Å²) in [5.74, 6) is 0.827. The second-order valence-corrected chi connectivity index (χ2v) is 5.31. The molecule has 0 aliphatic carbocycles. The molecular weight excluding hydrogens is 278 g/mol. The molecule has 22 heavy (non-hydrogen) atoms. The molecule has 1 heterocycles. The van der Waals surface area contributed by atoms with Crippen molar-refractivity contribution >= 4 is 5.91 Å². The van der Waals surface area contributed by atoms with E-state index in [9.17, 15) is 4.79 Å². The van der Waals surface area contributed by atoms with E-state index < -0.39 is 0 Å². The number of aryl methyl sites for hydroxylation is 1. The minimum absolute atomic E-state index is 0.00644. The van der Waals surface area contributed by atoms with Crippen molar-refractivity contribution in [3.05, 3.63) is 47.8 Å². The van der Waals surface area contributed by atoms with Crippen LogP contribution in [0, 0.1) is 6.92 Å². The van der Waals surface area contributed by atoms with Crippen LogP contribution in [-0.4, -0.2) is 22.3 Å². The summed E-state index contributed by atoms with van der Waals surface area (Å²) in [6, 6.07) is 9.73. The number of nitrogens with one attached hydrogen (secondary N) is 1. The lowest BCUT2D eigenvalue weighted by Crippen LogP contribution is -2.25. The molecule has 0 fully saturated rings. The van der Waals surface area contributed by atoms with Crippen LogP contribution in [0.25, 0.3) is 0 Å². The molecule has 0 spiro atoms. The van der Waals surface area contributed by atoms with E-state index >= 15 is 0 Å². The third-order valence-corrected chi connectivity index (χ3v) is 3.42. The van der Waals surface area contributed by atoms with Crippen molar-refractivity contribution in [1.82, 2.24) is 15.1 Å². The molecule has 0 saturated heterocycles. The van der Waals surface area contributed by atoms with Crippen molar-refractivity contribution in [2.45, 2.75) is 39.8 Å². The van der Waals surface area contributed by atoms with Gasteiger partial charge in [-0.15, -0.1) is 0 Å². The fourth-order valence-electron chi connectivity index (χ4n) is 2.25. The highest BCUT2D eigenvalue weighted by molar-refractivity contribution is 5.76. The Balaban J connectivity index is 1.88. The topological polar surface area (TPSA) is 56.1 Å². The standard InChI is InChI=1S/C17H23N3O2/c1-4-22-16-8-6-5-7-15(16)12-18-17(21)11-14(3)20-10-9-13(2)19-20/h5-10,14H,4,11-12H2,1-3H3,(H,18,21)/t14-/m1/s1. The molecule has 1 N–H and O–H groups in total. The predicted molar refractivity (Wildman–Crippen MR) is 85.7 cm³/mol. The maximum Gasteiger partial charge on any atom is 0.222 e. The fraction of sp³-hybridized carbons (Fsp3) is 0.412. The van der Waals surface area contributed by atoms with Gasteiger partial charge >= 0.3 is 0 Å². The molecule has 0 aliphatic rings. The van der Waals surface area contributed by atoms with Gasteiger partial charge < -0.3 is 10.1 Å². The number of hydrogen-bond acceptors (Lipinski definition) is 3. The van der Waals surface area contributed by atoms with Crippen molar-refractivity contribution < 1.29 is 9.53 Å². The van der Waals surface area contributed by atoms with Gasteiger partial charge in [0.1, 0.15) is 5.75 Å². The predicted octanol–water partition coefficient (Wildman–Crippen LogP) is 2.86. The summed E-state index contributed by atoms with van der Waals surface area (Å²) in [6.45, 7) is 6.96. The smallest absolute Gasteiger partial charge is 0.222 e. The average molecular weight is 301 g/mol. The highest BCUT2D eigenvalue weighted by Gasteiger charge is 2.12. The molecule has 0 bridgehead atoms. The van der Waals surface area contributed by atoms with Crippen LogP contribution in [0.4, 0.5) is 0 Å². The third kappa shape index (κ3) is 4.35. The first-order valence-corrected chi connectivity index (χ1v) is 7.59. The van der Waals surface area contributed by atoms with E-state index in [4.69, 9.17) is 4.74 Å². The molecular formula is C17H23N3O2. The van der Waals surface area contributed by atoms with Crippen molar-refractivity contribution in [3.63, 3.8) is 0 Å². The van der Waals surface area contributed by atoms with Gasteiger partial charge in [-0.05, 0) is 32.9 Å². The number of hydrogen-bond donors (Lipinski definition) is 1. The Morgan fingerprint density at radius 1 is 1.36 bits per heavy atom. The summed E-state index contributed by atoms with van der Waals surface area (Å²) in [4.78, 5) is 12.1. The van der Waals surface area contributed by atoms with Gasteiger partial charge in [0.25, 0.3) is 0 Å². The van der Waals surface area contributed by atoms with Crippen LogP contribution in [0.1, 0.15) is 37.6 Å². The van der Waals surface area contributed by atoms with Crippen LogP contribution in [0.2, 0.25) is 0 Å². The highest BCUT2D eigenvalue weighted by atomic mass is 16.5. The monoisotopic (exact) mass is 301 g/mol. The fourth-order valence-corrected chi connectivity index (χ4v) is 2.25. The Bertz CT molecular complexity index is 622. The number of amides is 1. The first-order chi connectivity index (χ1) is 10.6. The lowest BCUT2D eigenvalue weighted by molar-refractivity contribution is -0.122. The van der Waals surface area contributed by atoms with Gasteiger partial charge in [-0.25, -0.2) is 0 Å². The van der Waals surface area contributed by atoms with E-state index in [0.717, 1.165) is 17.0 Å². The lowest BCUT2D eigenvalue weighted by atomic mass is 10.2. The number of aromatic nitrogens is 2. The Morgan fingerprint density at radius 2 is 2.14 bits per heavy atom. The van der Waals surface area contributed by atoms with Crippen LogP contribution in [0.15, 0.2) is 36.5 Å². The highest BCUT2D eigenvalue weighted by Crippen LogP contribution is 2.18. The minimum atomic E-state index is 0.00644. The van der Waals surface area contributed by atoms with E-state index in [1.165, 1.54) is 0 Å². The molecule has 0 aliphatic heterocycles. The zero-order valence-electron chi connectivity index (χ0n) is 13.4. The van der Waals surface area contributed by atoms with Gasteiger partial charge in [0.2, 0.25) is 5.91 Å². The summed E-state index contributed by atoms with van der Waals surface area (Å²) in [5.41, 5.74) is 1.94. The van der Waals surface area contributed by atoms with Gasteiger partial charge in [-0.3, -0.25) is 9.48 Å². The summed E-state index contributed by atoms with van der Waals surface area (Å²) in [5, 5.41) is 7.28. The molecule has 1 aromatic heterocycles. The van der Waals surface area contributed by atoms with Gasteiger partial charge in [0, 0.05) is 24.7 Å². The average Bonchev–Trinajstić information content (AvgIpc) is 2.93. The lowest BCUT2D eigenvalue weighted by Gasteiger charge is -2.14. The summed E-state index contributed by atoms with van der Waals surface area (Å²) >= 11 is 0. The molecule has 2 aromatic rings. The SMILES string of the molecule is CCOc1ccccc1CNC(=O)C[C@@H](C)n1ccc(C)n1. The summed E-state index contributed by atoms with van der Waals surface area (Å²) < 4.78 is 7.38. The molecule has 5 heteroatoms. The van der Waals surface area contributed by atoms with Crippen LogP contribution in [-0.2, 0) is 11.3 Å². The normalized spacial score (nSPS) is 12.0. The van der Waals surface area contributed by atoms with Crippen molar-refractivity contribution in [1.29, 1.82) is 0 Å². The number of para-hydroxylation sites is 1. The van der Waals surface area contributed by atoms with Crippen LogP contribution >= 0.6 is 0 Å². The first-order valence-electron chi connectivity index (χ1n) is 7.59. The Kier molecular flexibility index (Phi) is 5.58. The molecule has 0 radical (unpaired) electrons. The summed E-state index contributed by atoms with van der Waals surface area (Å²) in [7, 11) is 0. The van der Waals surface area contributed by atoms with Crippen molar-refractivity contribution in [3.8, 4) is 5.75 Å². The maximum absolute atomic E-state index is 12.1. The number of nitrogens with zero attached hydrogens (tertiary/aromatic N) is 2.